The zero-order chi connectivity index (χ0) is 19.2. The van der Waals surface area contributed by atoms with Gasteiger partial charge in [0.05, 0.1) is 24.6 Å². The van der Waals surface area contributed by atoms with Gasteiger partial charge in [-0.15, -0.1) is 0 Å². The molecule has 0 saturated carbocycles. The first-order chi connectivity index (χ1) is 13.1. The number of hydrogen-bond donors (Lipinski definition) is 1. The highest BCUT2D eigenvalue weighted by atomic mass is 16.5. The van der Waals surface area contributed by atoms with Crippen molar-refractivity contribution in [3.63, 3.8) is 0 Å². The number of ether oxygens (including phenoxy) is 1. The number of nitriles is 1. The molecule has 3 aromatic rings. The molecule has 7 nitrogen and oxygen atoms in total. The van der Waals surface area contributed by atoms with Gasteiger partial charge in [-0.2, -0.15) is 5.26 Å². The molecule has 0 spiro atoms. The van der Waals surface area contributed by atoms with Gasteiger partial charge in [-0.25, -0.2) is 4.79 Å². The molecule has 0 aliphatic carbocycles. The van der Waals surface area contributed by atoms with E-state index in [0.717, 1.165) is 11.3 Å². The Bertz CT molecular complexity index is 979. The molecule has 1 amide bonds. The molecule has 27 heavy (non-hydrogen) atoms. The predicted molar refractivity (Wildman–Crippen MR) is 98.3 cm³/mol. The standard InChI is InChI=1S/C20H17N3O4/c1-2-26-20(25)19-16(22-18(24)9-11-21)10-12-23(19)15-7-5-14(6-8-15)17-4-3-13-27-17/h3-8,10,12-13H,2,9H2,1H3,(H,22,24). The van der Waals surface area contributed by atoms with Crippen molar-refractivity contribution < 1.29 is 18.7 Å². The van der Waals surface area contributed by atoms with Crippen LogP contribution in [0, 0.1) is 11.3 Å². The van der Waals surface area contributed by atoms with Crippen LogP contribution < -0.4 is 5.32 Å². The number of nitrogens with zero attached hydrogens (tertiary/aromatic N) is 2. The molecule has 2 heterocycles. The number of anilines is 1. The quantitative estimate of drug-likeness (QED) is 0.673. The molecule has 0 atom stereocenters. The van der Waals surface area contributed by atoms with Gasteiger partial charge in [0.1, 0.15) is 12.2 Å². The van der Waals surface area contributed by atoms with Crippen LogP contribution in [0.4, 0.5) is 5.69 Å². The van der Waals surface area contributed by atoms with Crippen LogP contribution in [0.2, 0.25) is 0 Å². The first-order valence-corrected chi connectivity index (χ1v) is 8.33. The lowest BCUT2D eigenvalue weighted by Crippen LogP contribution is -2.16. The van der Waals surface area contributed by atoms with E-state index in [9.17, 15) is 9.59 Å². The van der Waals surface area contributed by atoms with Crippen LogP contribution >= 0.6 is 0 Å². The largest absolute Gasteiger partial charge is 0.464 e. The van der Waals surface area contributed by atoms with Crippen molar-refractivity contribution in [1.82, 2.24) is 4.57 Å². The van der Waals surface area contributed by atoms with Crippen LogP contribution in [0.1, 0.15) is 23.8 Å². The number of esters is 1. The monoisotopic (exact) mass is 363 g/mol. The number of carbonyl (C=O) groups excluding carboxylic acids is 2. The van der Waals surface area contributed by atoms with E-state index in [1.807, 2.05) is 36.4 Å². The minimum atomic E-state index is -0.565. The Balaban J connectivity index is 1.96. The van der Waals surface area contributed by atoms with Gasteiger partial charge in [0.2, 0.25) is 5.91 Å². The van der Waals surface area contributed by atoms with Gasteiger partial charge in [-0.05, 0) is 49.4 Å². The van der Waals surface area contributed by atoms with E-state index >= 15 is 0 Å². The number of carbonyl (C=O) groups is 2. The molecule has 0 fully saturated rings. The van der Waals surface area contributed by atoms with Crippen molar-refractivity contribution in [2.45, 2.75) is 13.3 Å². The number of nitrogens with one attached hydrogen (secondary N) is 1. The Hall–Kier alpha value is -3.79. The lowest BCUT2D eigenvalue weighted by atomic mass is 10.1. The van der Waals surface area contributed by atoms with E-state index in [-0.39, 0.29) is 18.7 Å². The minimum absolute atomic E-state index is 0.189. The highest BCUT2D eigenvalue weighted by Gasteiger charge is 2.21. The van der Waals surface area contributed by atoms with Crippen LogP contribution in [0.25, 0.3) is 17.0 Å². The smallest absolute Gasteiger partial charge is 0.357 e. The molecule has 1 N–H and O–H groups in total. The van der Waals surface area contributed by atoms with Crippen molar-refractivity contribution in [2.75, 3.05) is 11.9 Å². The third kappa shape index (κ3) is 3.90. The molecule has 0 aliphatic heterocycles. The molecule has 0 aliphatic rings. The van der Waals surface area contributed by atoms with E-state index in [0.29, 0.717) is 11.4 Å². The average Bonchev–Trinajstić information content (AvgIpc) is 3.32. The molecule has 1 aromatic carbocycles. The predicted octanol–water partition coefficient (Wildman–Crippen LogP) is 3.77. The molecule has 0 saturated heterocycles. The SMILES string of the molecule is CCOC(=O)c1c(NC(=O)CC#N)ccn1-c1ccc(-c2ccco2)cc1. The van der Waals surface area contributed by atoms with Crippen molar-refractivity contribution >= 4 is 17.6 Å². The summed E-state index contributed by atoms with van der Waals surface area (Å²) in [5.41, 5.74) is 2.10. The zero-order valence-corrected chi connectivity index (χ0v) is 14.6. The number of furan rings is 1. The summed E-state index contributed by atoms with van der Waals surface area (Å²) < 4.78 is 12.1. The van der Waals surface area contributed by atoms with E-state index in [4.69, 9.17) is 14.4 Å². The Morgan fingerprint density at radius 3 is 2.63 bits per heavy atom. The Labute approximate surface area is 155 Å². The summed E-state index contributed by atoms with van der Waals surface area (Å²) in [7, 11) is 0. The van der Waals surface area contributed by atoms with Crippen LogP contribution in [0.3, 0.4) is 0 Å². The number of amides is 1. The maximum Gasteiger partial charge on any atom is 0.357 e. The lowest BCUT2D eigenvalue weighted by Gasteiger charge is -2.11. The van der Waals surface area contributed by atoms with E-state index in [1.165, 1.54) is 0 Å². The Morgan fingerprint density at radius 1 is 1.22 bits per heavy atom. The fourth-order valence-corrected chi connectivity index (χ4v) is 2.65. The molecule has 2 aromatic heterocycles. The first-order valence-electron chi connectivity index (χ1n) is 8.33. The summed E-state index contributed by atoms with van der Waals surface area (Å²) in [4.78, 5) is 24.2. The third-order valence-electron chi connectivity index (χ3n) is 3.82. The lowest BCUT2D eigenvalue weighted by molar-refractivity contribution is -0.115. The molecule has 0 unspecified atom stereocenters. The zero-order valence-electron chi connectivity index (χ0n) is 14.6. The number of rotatable bonds is 6. The first kappa shape index (κ1) is 18.0. The molecule has 0 radical (unpaired) electrons. The second-order valence-electron chi connectivity index (χ2n) is 5.58. The fraction of sp³-hybridized carbons (Fsp3) is 0.150. The summed E-state index contributed by atoms with van der Waals surface area (Å²) >= 11 is 0. The van der Waals surface area contributed by atoms with Gasteiger partial charge in [0, 0.05) is 17.4 Å². The maximum absolute atomic E-state index is 12.4. The maximum atomic E-state index is 12.4. The van der Waals surface area contributed by atoms with E-state index in [1.54, 1.807) is 36.1 Å². The summed E-state index contributed by atoms with van der Waals surface area (Å²) in [6, 6.07) is 14.5. The minimum Gasteiger partial charge on any atom is -0.464 e. The normalized spacial score (nSPS) is 10.2. The van der Waals surface area contributed by atoms with Crippen molar-refractivity contribution in [1.29, 1.82) is 5.26 Å². The third-order valence-corrected chi connectivity index (χ3v) is 3.82. The second kappa shape index (κ2) is 8.06. The van der Waals surface area contributed by atoms with Crippen LogP contribution in [0.5, 0.6) is 0 Å². The summed E-state index contributed by atoms with van der Waals surface area (Å²) in [6.45, 7) is 1.91. The summed E-state index contributed by atoms with van der Waals surface area (Å²) in [5, 5.41) is 11.2. The number of hydrogen-bond acceptors (Lipinski definition) is 5. The van der Waals surface area contributed by atoms with Crippen LogP contribution in [-0.4, -0.2) is 23.1 Å². The molecule has 7 heteroatoms. The van der Waals surface area contributed by atoms with E-state index < -0.39 is 11.9 Å². The van der Waals surface area contributed by atoms with Crippen molar-refractivity contribution in [3.05, 3.63) is 60.6 Å². The van der Waals surface area contributed by atoms with Gasteiger partial charge >= 0.3 is 5.97 Å². The fourth-order valence-electron chi connectivity index (χ4n) is 2.65. The van der Waals surface area contributed by atoms with Gasteiger partial charge < -0.3 is 19.0 Å². The number of aromatic nitrogens is 1. The van der Waals surface area contributed by atoms with E-state index in [2.05, 4.69) is 5.32 Å². The topological polar surface area (TPSA) is 97.3 Å². The van der Waals surface area contributed by atoms with Gasteiger partial charge in [-0.3, -0.25) is 4.79 Å². The highest BCUT2D eigenvalue weighted by Crippen LogP contribution is 2.26. The van der Waals surface area contributed by atoms with Gasteiger partial charge in [0.15, 0.2) is 5.69 Å². The Kier molecular flexibility index (Phi) is 5.38. The van der Waals surface area contributed by atoms with Crippen molar-refractivity contribution in [3.8, 4) is 23.1 Å². The highest BCUT2D eigenvalue weighted by molar-refractivity contribution is 6.01. The second-order valence-corrected chi connectivity index (χ2v) is 5.58. The summed E-state index contributed by atoms with van der Waals surface area (Å²) in [5.74, 6) is -0.317. The molecular weight excluding hydrogens is 346 g/mol. The Morgan fingerprint density at radius 2 is 2.00 bits per heavy atom. The van der Waals surface area contributed by atoms with Gasteiger partial charge in [0.25, 0.3) is 0 Å². The van der Waals surface area contributed by atoms with Crippen molar-refractivity contribution in [2.24, 2.45) is 0 Å². The van der Waals surface area contributed by atoms with Crippen LogP contribution in [-0.2, 0) is 9.53 Å². The van der Waals surface area contributed by atoms with Gasteiger partial charge in [-0.1, -0.05) is 0 Å². The van der Waals surface area contributed by atoms with Crippen LogP contribution in [0.15, 0.2) is 59.3 Å². The number of benzene rings is 1. The summed E-state index contributed by atoms with van der Waals surface area (Å²) in [6.07, 6.45) is 2.96. The molecule has 136 valence electrons. The molecule has 3 rings (SSSR count). The molecular formula is C20H17N3O4. The average molecular weight is 363 g/mol. The molecule has 0 bridgehead atoms.